The van der Waals surface area contributed by atoms with Gasteiger partial charge in [-0.1, -0.05) is 42.5 Å². The van der Waals surface area contributed by atoms with Gasteiger partial charge in [0, 0.05) is 5.56 Å². The highest BCUT2D eigenvalue weighted by atomic mass is 16.4. The highest BCUT2D eigenvalue weighted by molar-refractivity contribution is 6.05. The van der Waals surface area contributed by atoms with Gasteiger partial charge in [0.15, 0.2) is 5.76 Å². The van der Waals surface area contributed by atoms with Crippen LogP contribution in [-0.2, 0) is 16.1 Å². The first-order chi connectivity index (χ1) is 11.2. The van der Waals surface area contributed by atoms with E-state index in [4.69, 9.17) is 4.42 Å². The van der Waals surface area contributed by atoms with Gasteiger partial charge in [0.05, 0.1) is 18.0 Å². The maximum Gasteiger partial charge on any atom is 0.233 e. The van der Waals surface area contributed by atoms with Crippen molar-refractivity contribution in [2.75, 3.05) is 0 Å². The molecule has 1 aliphatic heterocycles. The summed E-state index contributed by atoms with van der Waals surface area (Å²) >= 11 is 0. The average molecular weight is 308 g/mol. The molecule has 0 spiro atoms. The molecule has 2 aliphatic rings. The van der Waals surface area contributed by atoms with E-state index in [1.807, 2.05) is 42.5 Å². The molecule has 1 aliphatic carbocycles. The van der Waals surface area contributed by atoms with E-state index in [1.54, 1.807) is 6.20 Å². The van der Waals surface area contributed by atoms with Crippen LogP contribution in [0.25, 0.3) is 11.3 Å². The highest BCUT2D eigenvalue weighted by Crippen LogP contribution is 2.35. The lowest BCUT2D eigenvalue weighted by molar-refractivity contribution is -0.140. The molecule has 0 radical (unpaired) electrons. The topological polar surface area (TPSA) is 63.4 Å². The van der Waals surface area contributed by atoms with Crippen LogP contribution < -0.4 is 0 Å². The number of allylic oxidation sites excluding steroid dienone is 2. The normalized spacial score (nSPS) is 23.4. The van der Waals surface area contributed by atoms with E-state index in [1.165, 1.54) is 4.90 Å². The first kappa shape index (κ1) is 13.9. The number of hydrogen-bond donors (Lipinski definition) is 0. The maximum absolute atomic E-state index is 12.4. The number of oxazole rings is 1. The Balaban J connectivity index is 1.54. The molecule has 4 rings (SSSR count). The Labute approximate surface area is 133 Å². The molecular weight excluding hydrogens is 292 g/mol. The van der Waals surface area contributed by atoms with E-state index in [2.05, 4.69) is 4.98 Å². The van der Waals surface area contributed by atoms with Crippen molar-refractivity contribution in [3.05, 3.63) is 54.6 Å². The van der Waals surface area contributed by atoms with Crippen molar-refractivity contribution in [3.63, 3.8) is 0 Å². The van der Waals surface area contributed by atoms with E-state index in [9.17, 15) is 9.59 Å². The summed E-state index contributed by atoms with van der Waals surface area (Å²) in [7, 11) is 0. The summed E-state index contributed by atoms with van der Waals surface area (Å²) < 4.78 is 5.71. The summed E-state index contributed by atoms with van der Waals surface area (Å²) in [6.45, 7) is 0.109. The van der Waals surface area contributed by atoms with Crippen LogP contribution in [0, 0.1) is 11.8 Å². The Hall–Kier alpha value is -2.69. The molecule has 2 aromatic rings. The van der Waals surface area contributed by atoms with Gasteiger partial charge in [0.1, 0.15) is 6.54 Å². The van der Waals surface area contributed by atoms with Crippen LogP contribution in [0.2, 0.25) is 0 Å². The number of fused-ring (bicyclic) bond motifs is 1. The number of benzene rings is 1. The average Bonchev–Trinajstić information content (AvgIpc) is 3.16. The maximum atomic E-state index is 12.4. The summed E-state index contributed by atoms with van der Waals surface area (Å²) in [5.41, 5.74) is 0.920. The molecule has 5 heteroatoms. The molecule has 5 nitrogen and oxygen atoms in total. The van der Waals surface area contributed by atoms with Gasteiger partial charge < -0.3 is 4.42 Å². The van der Waals surface area contributed by atoms with Gasteiger partial charge >= 0.3 is 0 Å². The minimum Gasteiger partial charge on any atom is -0.439 e. The van der Waals surface area contributed by atoms with Crippen molar-refractivity contribution < 1.29 is 14.0 Å². The summed E-state index contributed by atoms with van der Waals surface area (Å²) in [4.78, 5) is 30.4. The Morgan fingerprint density at radius 3 is 2.35 bits per heavy atom. The number of likely N-dealkylation sites (tertiary alicyclic amines) is 1. The predicted octanol–water partition coefficient (Wildman–Crippen LogP) is 2.79. The quantitative estimate of drug-likeness (QED) is 0.646. The van der Waals surface area contributed by atoms with Gasteiger partial charge in [-0.3, -0.25) is 14.5 Å². The standard InChI is InChI=1S/C18H16N2O3/c21-17-13-8-4-5-9-14(13)18(22)20(17)11-16-19-10-15(23-16)12-6-2-1-3-7-12/h1-7,10,13-14H,8-9,11H2/t13-,14-/m0/s1. The van der Waals surface area contributed by atoms with Gasteiger partial charge in [-0.2, -0.15) is 0 Å². The second-order valence-electron chi connectivity index (χ2n) is 5.90. The molecule has 1 aromatic heterocycles. The van der Waals surface area contributed by atoms with Crippen molar-refractivity contribution in [2.45, 2.75) is 19.4 Å². The molecule has 116 valence electrons. The smallest absolute Gasteiger partial charge is 0.233 e. The summed E-state index contributed by atoms with van der Waals surface area (Å²) in [5.74, 6) is 0.385. The van der Waals surface area contributed by atoms with Gasteiger partial charge in [0.25, 0.3) is 0 Å². The molecular formula is C18H16N2O3. The van der Waals surface area contributed by atoms with Crippen LogP contribution in [-0.4, -0.2) is 21.7 Å². The fourth-order valence-corrected chi connectivity index (χ4v) is 3.28. The minimum absolute atomic E-state index is 0.108. The zero-order valence-corrected chi connectivity index (χ0v) is 12.5. The van der Waals surface area contributed by atoms with Gasteiger partial charge in [-0.25, -0.2) is 4.98 Å². The molecule has 1 fully saturated rings. The Morgan fingerprint density at radius 2 is 1.70 bits per heavy atom. The van der Waals surface area contributed by atoms with Crippen molar-refractivity contribution in [2.24, 2.45) is 11.8 Å². The third-order valence-electron chi connectivity index (χ3n) is 4.50. The van der Waals surface area contributed by atoms with Crippen LogP contribution in [0.15, 0.2) is 53.1 Å². The van der Waals surface area contributed by atoms with E-state index >= 15 is 0 Å². The Bertz CT molecular complexity index is 753. The monoisotopic (exact) mass is 308 g/mol. The fourth-order valence-electron chi connectivity index (χ4n) is 3.28. The van der Waals surface area contributed by atoms with Crippen molar-refractivity contribution in [1.82, 2.24) is 9.88 Å². The second kappa shape index (κ2) is 5.50. The van der Waals surface area contributed by atoms with Crippen LogP contribution in [0.5, 0.6) is 0 Å². The van der Waals surface area contributed by atoms with Gasteiger partial charge in [-0.05, 0) is 12.8 Å². The zero-order valence-electron chi connectivity index (χ0n) is 12.5. The molecule has 2 atom stereocenters. The van der Waals surface area contributed by atoms with Crippen LogP contribution in [0.1, 0.15) is 18.7 Å². The van der Waals surface area contributed by atoms with E-state index < -0.39 is 0 Å². The van der Waals surface area contributed by atoms with Crippen molar-refractivity contribution in [3.8, 4) is 11.3 Å². The highest BCUT2D eigenvalue weighted by Gasteiger charge is 2.47. The Morgan fingerprint density at radius 1 is 1.04 bits per heavy atom. The van der Waals surface area contributed by atoms with E-state index in [0.717, 1.165) is 5.56 Å². The van der Waals surface area contributed by atoms with Crippen LogP contribution in [0.4, 0.5) is 0 Å². The lowest BCUT2D eigenvalue weighted by Gasteiger charge is -2.14. The number of amides is 2. The molecule has 0 bridgehead atoms. The summed E-state index contributed by atoms with van der Waals surface area (Å²) in [5, 5.41) is 0. The number of carbonyl (C=O) groups excluding carboxylic acids is 2. The second-order valence-corrected chi connectivity index (χ2v) is 5.90. The lowest BCUT2D eigenvalue weighted by Crippen LogP contribution is -2.30. The van der Waals surface area contributed by atoms with Crippen LogP contribution in [0.3, 0.4) is 0 Å². The van der Waals surface area contributed by atoms with Gasteiger partial charge in [-0.15, -0.1) is 0 Å². The fraction of sp³-hybridized carbons (Fsp3) is 0.278. The first-order valence-electron chi connectivity index (χ1n) is 7.74. The minimum atomic E-state index is -0.212. The SMILES string of the molecule is O=C1[C@H]2CC=CC[C@@H]2C(=O)N1Cc1ncc(-c2ccccc2)o1. The molecule has 2 amide bonds. The number of aromatic nitrogens is 1. The molecule has 2 heterocycles. The van der Waals surface area contributed by atoms with Gasteiger partial charge in [0.2, 0.25) is 17.7 Å². The molecule has 0 unspecified atom stereocenters. The van der Waals surface area contributed by atoms with Crippen molar-refractivity contribution in [1.29, 1.82) is 0 Å². The number of hydrogen-bond acceptors (Lipinski definition) is 4. The number of imide groups is 1. The number of rotatable bonds is 3. The molecule has 0 N–H and O–H groups in total. The number of carbonyl (C=O) groups is 2. The van der Waals surface area contributed by atoms with Crippen molar-refractivity contribution >= 4 is 11.8 Å². The summed E-state index contributed by atoms with van der Waals surface area (Å²) in [6.07, 6.45) is 6.88. The van der Waals surface area contributed by atoms with E-state index in [-0.39, 0.29) is 30.2 Å². The molecule has 1 aromatic carbocycles. The van der Waals surface area contributed by atoms with Crippen LogP contribution >= 0.6 is 0 Å². The Kier molecular flexibility index (Phi) is 3.33. The predicted molar refractivity (Wildman–Crippen MR) is 82.9 cm³/mol. The summed E-state index contributed by atoms with van der Waals surface area (Å²) in [6, 6.07) is 9.62. The third-order valence-corrected chi connectivity index (χ3v) is 4.50. The zero-order chi connectivity index (χ0) is 15.8. The molecule has 0 saturated carbocycles. The van der Waals surface area contributed by atoms with E-state index in [0.29, 0.717) is 24.5 Å². The third kappa shape index (κ3) is 2.38. The molecule has 1 saturated heterocycles. The largest absolute Gasteiger partial charge is 0.439 e. The first-order valence-corrected chi connectivity index (χ1v) is 7.74. The lowest BCUT2D eigenvalue weighted by atomic mass is 9.85. The molecule has 23 heavy (non-hydrogen) atoms. The number of nitrogens with zero attached hydrogens (tertiary/aromatic N) is 2.